The zero-order chi connectivity index (χ0) is 20.2. The molecule has 2 aliphatic rings. The van der Waals surface area contributed by atoms with Gasteiger partial charge >= 0.3 is 0 Å². The Morgan fingerprint density at radius 2 is 1.55 bits per heavy atom. The van der Waals surface area contributed by atoms with Gasteiger partial charge in [-0.3, -0.25) is 4.79 Å². The average molecular weight is 392 g/mol. The fourth-order valence-electron chi connectivity index (χ4n) is 4.75. The number of hydrogen-bond acceptors (Lipinski definition) is 3. The Morgan fingerprint density at radius 1 is 0.897 bits per heavy atom. The van der Waals surface area contributed by atoms with Crippen molar-refractivity contribution in [3.05, 3.63) is 59.2 Å². The van der Waals surface area contributed by atoms with Crippen molar-refractivity contribution < 1.29 is 4.79 Å². The monoisotopic (exact) mass is 391 g/mol. The molecule has 1 amide bonds. The Bertz CT molecular complexity index is 832. The van der Waals surface area contributed by atoms with Crippen molar-refractivity contribution in [3.63, 3.8) is 0 Å². The van der Waals surface area contributed by atoms with Crippen molar-refractivity contribution in [2.75, 3.05) is 23.3 Å². The second-order valence-corrected chi connectivity index (χ2v) is 8.73. The summed E-state index contributed by atoms with van der Waals surface area (Å²) < 4.78 is 0. The Labute approximate surface area is 174 Å². The van der Waals surface area contributed by atoms with Gasteiger partial charge in [0.15, 0.2) is 0 Å². The zero-order valence-corrected chi connectivity index (χ0v) is 17.7. The predicted molar refractivity (Wildman–Crippen MR) is 121 cm³/mol. The third-order valence-electron chi connectivity index (χ3n) is 6.44. The van der Waals surface area contributed by atoms with E-state index in [1.807, 2.05) is 44.2 Å². The molecule has 1 aliphatic heterocycles. The van der Waals surface area contributed by atoms with Crippen LogP contribution in [0.25, 0.3) is 0 Å². The Kier molecular flexibility index (Phi) is 6.19. The van der Waals surface area contributed by atoms with Gasteiger partial charge in [-0.05, 0) is 75.4 Å². The molecule has 154 valence electrons. The summed E-state index contributed by atoms with van der Waals surface area (Å²) in [6.07, 6.45) is 7.92. The van der Waals surface area contributed by atoms with Gasteiger partial charge in [-0.25, -0.2) is 0 Å². The smallest absolute Gasteiger partial charge is 0.255 e. The second kappa shape index (κ2) is 9.00. The molecule has 4 heteroatoms. The maximum Gasteiger partial charge on any atom is 0.255 e. The number of rotatable bonds is 5. The van der Waals surface area contributed by atoms with Crippen molar-refractivity contribution in [2.24, 2.45) is 0 Å². The minimum absolute atomic E-state index is 0.0472. The lowest BCUT2D eigenvalue weighted by Gasteiger charge is -2.35. The van der Waals surface area contributed by atoms with E-state index in [0.29, 0.717) is 6.04 Å². The summed E-state index contributed by atoms with van der Waals surface area (Å²) in [6.45, 7) is 6.22. The fourth-order valence-corrected chi connectivity index (χ4v) is 4.75. The number of amides is 1. The molecule has 1 aliphatic carbocycles. The summed E-state index contributed by atoms with van der Waals surface area (Å²) in [4.78, 5) is 15.0. The van der Waals surface area contributed by atoms with Crippen molar-refractivity contribution in [1.82, 2.24) is 5.32 Å². The van der Waals surface area contributed by atoms with Gasteiger partial charge in [-0.15, -0.1) is 0 Å². The van der Waals surface area contributed by atoms with E-state index in [4.69, 9.17) is 0 Å². The van der Waals surface area contributed by atoms with Gasteiger partial charge in [-0.1, -0.05) is 30.5 Å². The van der Waals surface area contributed by atoms with E-state index in [-0.39, 0.29) is 5.91 Å². The van der Waals surface area contributed by atoms with Crippen molar-refractivity contribution in [2.45, 2.75) is 64.5 Å². The number of anilines is 2. The van der Waals surface area contributed by atoms with Crippen LogP contribution in [-0.4, -0.2) is 31.1 Å². The molecule has 0 aromatic heterocycles. The molecule has 0 spiro atoms. The summed E-state index contributed by atoms with van der Waals surface area (Å²) in [5, 5.41) is 6.90. The molecule has 2 fully saturated rings. The lowest BCUT2D eigenvalue weighted by Crippen LogP contribution is -2.45. The number of nitrogens with zero attached hydrogens (tertiary/aromatic N) is 1. The highest BCUT2D eigenvalue weighted by Crippen LogP contribution is 2.25. The summed E-state index contributed by atoms with van der Waals surface area (Å²) in [6, 6.07) is 15.6. The van der Waals surface area contributed by atoms with Gasteiger partial charge in [-0.2, -0.15) is 0 Å². The quantitative estimate of drug-likeness (QED) is 0.749. The Balaban J connectivity index is 1.30. The number of aryl methyl sites for hydroxylation is 2. The SMILES string of the molecule is Cc1ccc(C(=O)Nc2ccc(N3CCC(NC4CCCC4)CC3)cc2)c(C)c1. The largest absolute Gasteiger partial charge is 0.371 e. The molecule has 2 aromatic rings. The second-order valence-electron chi connectivity index (χ2n) is 8.73. The zero-order valence-electron chi connectivity index (χ0n) is 17.7. The maximum atomic E-state index is 12.6. The van der Waals surface area contributed by atoms with Crippen molar-refractivity contribution in [3.8, 4) is 0 Å². The molecule has 1 saturated carbocycles. The highest BCUT2D eigenvalue weighted by molar-refractivity contribution is 6.05. The minimum Gasteiger partial charge on any atom is -0.371 e. The van der Waals surface area contributed by atoms with E-state index in [0.717, 1.165) is 35.9 Å². The Morgan fingerprint density at radius 3 is 2.21 bits per heavy atom. The van der Waals surface area contributed by atoms with Crippen LogP contribution in [0.4, 0.5) is 11.4 Å². The minimum atomic E-state index is -0.0472. The van der Waals surface area contributed by atoms with Crippen LogP contribution in [0.2, 0.25) is 0 Å². The molecule has 0 radical (unpaired) electrons. The van der Waals surface area contributed by atoms with Crippen LogP contribution in [0.5, 0.6) is 0 Å². The number of carbonyl (C=O) groups excluding carboxylic acids is 1. The molecule has 29 heavy (non-hydrogen) atoms. The van der Waals surface area contributed by atoms with Crippen LogP contribution in [0.3, 0.4) is 0 Å². The summed E-state index contributed by atoms with van der Waals surface area (Å²) in [5.41, 5.74) is 5.00. The van der Waals surface area contributed by atoms with E-state index in [2.05, 4.69) is 27.7 Å². The van der Waals surface area contributed by atoms with Gasteiger partial charge in [0.05, 0.1) is 0 Å². The molecule has 1 heterocycles. The van der Waals surface area contributed by atoms with E-state index in [9.17, 15) is 4.79 Å². The van der Waals surface area contributed by atoms with Crippen LogP contribution in [0.1, 0.15) is 60.0 Å². The number of benzene rings is 2. The van der Waals surface area contributed by atoms with Gasteiger partial charge < -0.3 is 15.5 Å². The van der Waals surface area contributed by atoms with Crippen LogP contribution in [0, 0.1) is 13.8 Å². The first-order valence-corrected chi connectivity index (χ1v) is 11.1. The highest BCUT2D eigenvalue weighted by Gasteiger charge is 2.23. The van der Waals surface area contributed by atoms with E-state index in [1.165, 1.54) is 49.8 Å². The molecule has 2 N–H and O–H groups in total. The molecular formula is C25H33N3O. The standard InChI is InChI=1S/C25H33N3O/c1-18-7-12-24(19(2)17-18)25(29)27-21-8-10-23(11-9-21)28-15-13-22(14-16-28)26-20-5-3-4-6-20/h7-12,17,20,22,26H,3-6,13-16H2,1-2H3,(H,27,29). The third kappa shape index (κ3) is 4.99. The van der Waals surface area contributed by atoms with Crippen LogP contribution in [-0.2, 0) is 0 Å². The first-order valence-electron chi connectivity index (χ1n) is 11.1. The van der Waals surface area contributed by atoms with Crippen molar-refractivity contribution >= 4 is 17.3 Å². The van der Waals surface area contributed by atoms with Crippen LogP contribution in [0.15, 0.2) is 42.5 Å². The third-order valence-corrected chi connectivity index (χ3v) is 6.44. The molecular weight excluding hydrogens is 358 g/mol. The Hall–Kier alpha value is -2.33. The van der Waals surface area contributed by atoms with Gasteiger partial charge in [0, 0.05) is 42.1 Å². The van der Waals surface area contributed by atoms with Gasteiger partial charge in [0.2, 0.25) is 0 Å². The number of piperidine rings is 1. The first-order chi connectivity index (χ1) is 14.1. The molecule has 4 nitrogen and oxygen atoms in total. The number of nitrogens with one attached hydrogen (secondary N) is 2. The number of hydrogen-bond donors (Lipinski definition) is 2. The summed E-state index contributed by atoms with van der Waals surface area (Å²) in [5.74, 6) is -0.0472. The molecule has 1 saturated heterocycles. The van der Waals surface area contributed by atoms with Crippen molar-refractivity contribution in [1.29, 1.82) is 0 Å². The maximum absolute atomic E-state index is 12.6. The summed E-state index contributed by atoms with van der Waals surface area (Å²) in [7, 11) is 0. The van der Waals surface area contributed by atoms with Gasteiger partial charge in [0.25, 0.3) is 5.91 Å². The lowest BCUT2D eigenvalue weighted by atomic mass is 10.0. The molecule has 0 atom stereocenters. The van der Waals surface area contributed by atoms with E-state index < -0.39 is 0 Å². The topological polar surface area (TPSA) is 44.4 Å². The molecule has 4 rings (SSSR count). The van der Waals surface area contributed by atoms with E-state index >= 15 is 0 Å². The van der Waals surface area contributed by atoms with Crippen LogP contribution >= 0.6 is 0 Å². The normalized spacial score (nSPS) is 18.2. The summed E-state index contributed by atoms with van der Waals surface area (Å²) >= 11 is 0. The predicted octanol–water partition coefficient (Wildman–Crippen LogP) is 5.06. The van der Waals surface area contributed by atoms with Crippen LogP contribution < -0.4 is 15.5 Å². The van der Waals surface area contributed by atoms with E-state index in [1.54, 1.807) is 0 Å². The first kappa shape index (κ1) is 20.0. The average Bonchev–Trinajstić information content (AvgIpc) is 3.22. The molecule has 2 aromatic carbocycles. The van der Waals surface area contributed by atoms with Gasteiger partial charge in [0.1, 0.15) is 0 Å². The molecule has 0 unspecified atom stereocenters. The lowest BCUT2D eigenvalue weighted by molar-refractivity contribution is 0.102. The number of carbonyl (C=O) groups is 1. The fraction of sp³-hybridized carbons (Fsp3) is 0.480. The highest BCUT2D eigenvalue weighted by atomic mass is 16.1. The molecule has 0 bridgehead atoms.